The maximum absolute atomic E-state index is 12.3. The highest BCUT2D eigenvalue weighted by molar-refractivity contribution is 5.80. The van der Waals surface area contributed by atoms with Crippen LogP contribution in [0.25, 0.3) is 0 Å². The fourth-order valence-corrected chi connectivity index (χ4v) is 1.93. The summed E-state index contributed by atoms with van der Waals surface area (Å²) >= 11 is 0. The Bertz CT molecular complexity index is 282. The molecule has 1 atom stereocenters. The van der Waals surface area contributed by atoms with E-state index >= 15 is 0 Å². The Morgan fingerprint density at radius 2 is 1.70 bits per heavy atom. The molecule has 0 aliphatic rings. The first kappa shape index (κ1) is 19.2. The summed E-state index contributed by atoms with van der Waals surface area (Å²) in [5, 5.41) is 2.31. The number of rotatable bonds is 10. The van der Waals surface area contributed by atoms with Crippen molar-refractivity contribution in [3.8, 4) is 0 Å². The van der Waals surface area contributed by atoms with Gasteiger partial charge in [-0.1, -0.05) is 39.0 Å². The van der Waals surface area contributed by atoms with Gasteiger partial charge in [-0.05, 0) is 20.3 Å². The van der Waals surface area contributed by atoms with Gasteiger partial charge in [0.25, 0.3) is 0 Å². The highest BCUT2D eigenvalue weighted by Gasteiger charge is 2.38. The molecular weight excluding hydrogens is 271 g/mol. The van der Waals surface area contributed by atoms with Crippen molar-refractivity contribution in [3.63, 3.8) is 0 Å². The summed E-state index contributed by atoms with van der Waals surface area (Å²) in [6.45, 7) is 4.20. The molecule has 0 heterocycles. The Morgan fingerprint density at radius 1 is 1.10 bits per heavy atom. The number of unbranched alkanes of at least 4 members (excludes halogenated alkanes) is 4. The van der Waals surface area contributed by atoms with E-state index in [0.29, 0.717) is 12.8 Å². The topological polar surface area (TPSA) is 38.3 Å². The molecule has 0 aromatic carbocycles. The Kier molecular flexibility index (Phi) is 8.85. The van der Waals surface area contributed by atoms with Crippen LogP contribution in [-0.4, -0.2) is 30.8 Å². The minimum atomic E-state index is -4.34. The number of carbonyl (C=O) groups excluding carboxylic acids is 1. The zero-order valence-electron chi connectivity index (χ0n) is 12.6. The second-order valence-electron chi connectivity index (χ2n) is 5.19. The molecule has 0 aromatic rings. The fraction of sp³-hybridized carbons (Fsp3) is 0.929. The van der Waals surface area contributed by atoms with E-state index in [1.54, 1.807) is 6.92 Å². The van der Waals surface area contributed by atoms with Crippen LogP contribution in [0.15, 0.2) is 0 Å². The molecule has 0 aliphatic heterocycles. The molecule has 0 bridgehead atoms. The summed E-state index contributed by atoms with van der Waals surface area (Å²) in [6.07, 6.45) is 0.876. The van der Waals surface area contributed by atoms with Crippen LogP contribution >= 0.6 is 0 Å². The predicted molar refractivity (Wildman–Crippen MR) is 72.5 cm³/mol. The molecule has 0 saturated carbocycles. The lowest BCUT2D eigenvalue weighted by atomic mass is 9.93. The van der Waals surface area contributed by atoms with Gasteiger partial charge in [0.15, 0.2) is 0 Å². The third-order valence-corrected chi connectivity index (χ3v) is 3.19. The molecule has 0 amide bonds. The quantitative estimate of drug-likeness (QED) is 0.492. The summed E-state index contributed by atoms with van der Waals surface area (Å²) in [7, 11) is 0. The van der Waals surface area contributed by atoms with Crippen molar-refractivity contribution in [2.75, 3.05) is 13.2 Å². The molecule has 0 spiro atoms. The molecule has 6 heteroatoms. The van der Waals surface area contributed by atoms with E-state index in [4.69, 9.17) is 4.74 Å². The molecule has 0 aromatic heterocycles. The van der Waals surface area contributed by atoms with E-state index in [1.165, 1.54) is 6.92 Å². The maximum atomic E-state index is 12.3. The molecule has 3 nitrogen and oxygen atoms in total. The minimum Gasteiger partial charge on any atom is -0.465 e. The van der Waals surface area contributed by atoms with Crippen LogP contribution in [0.5, 0.6) is 0 Å². The van der Waals surface area contributed by atoms with Gasteiger partial charge in [0.05, 0.1) is 13.2 Å². The van der Waals surface area contributed by atoms with Crippen LogP contribution in [0.2, 0.25) is 0 Å². The van der Waals surface area contributed by atoms with Crippen molar-refractivity contribution in [2.45, 2.75) is 71.0 Å². The summed E-state index contributed by atoms with van der Waals surface area (Å²) in [5.74, 6) is -0.611. The van der Waals surface area contributed by atoms with Crippen molar-refractivity contribution in [1.82, 2.24) is 5.32 Å². The minimum absolute atomic E-state index is 0.165. The Hall–Kier alpha value is -0.780. The van der Waals surface area contributed by atoms with Crippen LogP contribution in [-0.2, 0) is 9.53 Å². The fourth-order valence-electron chi connectivity index (χ4n) is 1.93. The number of alkyl halides is 3. The first-order valence-corrected chi connectivity index (χ1v) is 7.24. The Morgan fingerprint density at radius 3 is 2.20 bits per heavy atom. The lowest BCUT2D eigenvalue weighted by Crippen LogP contribution is -2.53. The van der Waals surface area contributed by atoms with E-state index in [9.17, 15) is 18.0 Å². The summed E-state index contributed by atoms with van der Waals surface area (Å²) in [4.78, 5) is 11.8. The second-order valence-corrected chi connectivity index (χ2v) is 5.19. The molecule has 20 heavy (non-hydrogen) atoms. The molecule has 1 unspecified atom stereocenters. The van der Waals surface area contributed by atoms with Crippen LogP contribution in [0.3, 0.4) is 0 Å². The van der Waals surface area contributed by atoms with E-state index in [1.807, 2.05) is 0 Å². The molecule has 0 radical (unpaired) electrons. The van der Waals surface area contributed by atoms with Gasteiger partial charge in [-0.15, -0.1) is 0 Å². The smallest absolute Gasteiger partial charge is 0.401 e. The van der Waals surface area contributed by atoms with Crippen LogP contribution < -0.4 is 5.32 Å². The van der Waals surface area contributed by atoms with Crippen molar-refractivity contribution in [1.29, 1.82) is 0 Å². The summed E-state index contributed by atoms with van der Waals surface area (Å²) in [5.41, 5.74) is -1.27. The number of carbonyl (C=O) groups is 1. The highest BCUT2D eigenvalue weighted by Crippen LogP contribution is 2.21. The van der Waals surface area contributed by atoms with Gasteiger partial charge in [-0.3, -0.25) is 10.1 Å². The summed E-state index contributed by atoms with van der Waals surface area (Å²) in [6, 6.07) is 0. The lowest BCUT2D eigenvalue weighted by molar-refractivity contribution is -0.155. The Labute approximate surface area is 119 Å². The third-order valence-electron chi connectivity index (χ3n) is 3.19. The number of halogens is 3. The zero-order valence-corrected chi connectivity index (χ0v) is 12.6. The maximum Gasteiger partial charge on any atom is 0.401 e. The van der Waals surface area contributed by atoms with Gasteiger partial charge >= 0.3 is 12.1 Å². The number of ether oxygens (including phenoxy) is 1. The Balaban J connectivity index is 4.42. The molecule has 120 valence electrons. The average Bonchev–Trinajstić information content (AvgIpc) is 2.35. The van der Waals surface area contributed by atoms with Crippen molar-refractivity contribution >= 4 is 5.97 Å². The molecule has 0 rings (SSSR count). The normalized spacial score (nSPS) is 14.9. The van der Waals surface area contributed by atoms with Crippen LogP contribution in [0, 0.1) is 0 Å². The number of hydrogen-bond acceptors (Lipinski definition) is 3. The monoisotopic (exact) mass is 297 g/mol. The summed E-state index contributed by atoms with van der Waals surface area (Å²) < 4.78 is 41.8. The number of nitrogens with one attached hydrogen (secondary N) is 1. The van der Waals surface area contributed by atoms with Gasteiger partial charge in [0, 0.05) is 0 Å². The molecule has 0 aliphatic carbocycles. The first-order chi connectivity index (χ1) is 9.25. The predicted octanol–water partition coefficient (Wildman–Crippen LogP) is 3.82. The molecule has 0 fully saturated rings. The van der Waals surface area contributed by atoms with E-state index in [2.05, 4.69) is 12.2 Å². The van der Waals surface area contributed by atoms with Gasteiger partial charge in [-0.25, -0.2) is 0 Å². The van der Waals surface area contributed by atoms with Crippen molar-refractivity contribution < 1.29 is 22.7 Å². The standard InChI is InChI=1S/C14H26F3NO2/c1-4-6-7-8-9-10-13(3,12(19)20-5-2)18-11-14(15,16)17/h18H,4-11H2,1-3H3. The van der Waals surface area contributed by atoms with Crippen molar-refractivity contribution in [2.24, 2.45) is 0 Å². The second kappa shape index (κ2) is 9.21. The van der Waals surface area contributed by atoms with Gasteiger partial charge in [-0.2, -0.15) is 13.2 Å². The largest absolute Gasteiger partial charge is 0.465 e. The lowest BCUT2D eigenvalue weighted by Gasteiger charge is -2.29. The first-order valence-electron chi connectivity index (χ1n) is 7.24. The molecule has 1 N–H and O–H groups in total. The van der Waals surface area contributed by atoms with Crippen molar-refractivity contribution in [3.05, 3.63) is 0 Å². The van der Waals surface area contributed by atoms with E-state index in [-0.39, 0.29) is 6.61 Å². The molecular formula is C14H26F3NO2. The van der Waals surface area contributed by atoms with Crippen LogP contribution in [0.1, 0.15) is 59.3 Å². The van der Waals surface area contributed by atoms with E-state index < -0.39 is 24.2 Å². The number of esters is 1. The van der Waals surface area contributed by atoms with E-state index in [0.717, 1.165) is 25.7 Å². The number of hydrogen-bond donors (Lipinski definition) is 1. The third kappa shape index (κ3) is 8.40. The van der Waals surface area contributed by atoms with Gasteiger partial charge in [0.2, 0.25) is 0 Å². The molecule has 0 saturated heterocycles. The van der Waals surface area contributed by atoms with Gasteiger partial charge in [0.1, 0.15) is 5.54 Å². The SMILES string of the molecule is CCCCCCCC(C)(NCC(F)(F)F)C(=O)OCC. The van der Waals surface area contributed by atoms with Crippen LogP contribution in [0.4, 0.5) is 13.2 Å². The average molecular weight is 297 g/mol. The zero-order chi connectivity index (χ0) is 15.6. The van der Waals surface area contributed by atoms with Gasteiger partial charge < -0.3 is 4.74 Å². The highest BCUT2D eigenvalue weighted by atomic mass is 19.4.